The number of carbonyl (C=O) groups excluding carboxylic acids is 2. The molecule has 0 saturated carbocycles. The molecule has 0 aliphatic rings. The number of anilines is 2. The van der Waals surface area contributed by atoms with E-state index in [0.717, 1.165) is 17.5 Å². The SMILES string of the molecule is COc1cc(NC(C(=O)O)c2ccc(C)cc2OCCO[Si](C)(C)C(C)(C)CCC(C)(C)OC(=O)CCCOc2cc(C)cc(N)c2)cc(OCCCC(C)=O)c1. The quantitative estimate of drug-likeness (QED) is 0.0322. The third kappa shape index (κ3) is 15.6. The highest BCUT2D eigenvalue weighted by Crippen LogP contribution is 2.44. The summed E-state index contributed by atoms with van der Waals surface area (Å²) in [6.07, 6.45) is 3.22. The number of aryl methyl sites for hydroxylation is 2. The van der Waals surface area contributed by atoms with E-state index in [2.05, 4.69) is 32.3 Å². The summed E-state index contributed by atoms with van der Waals surface area (Å²) in [5.41, 5.74) is 8.76. The number of carboxylic acid groups (broad SMARTS) is 1. The van der Waals surface area contributed by atoms with Crippen molar-refractivity contribution in [1.82, 2.24) is 0 Å². The molecule has 3 rings (SSSR count). The molecule has 0 heterocycles. The van der Waals surface area contributed by atoms with Crippen molar-refractivity contribution in [2.45, 2.75) is 117 Å². The zero-order valence-electron chi connectivity index (χ0n) is 35.5. The maximum Gasteiger partial charge on any atom is 0.330 e. The van der Waals surface area contributed by atoms with E-state index >= 15 is 0 Å². The van der Waals surface area contributed by atoms with Gasteiger partial charge in [0.2, 0.25) is 0 Å². The Morgan fingerprint density at radius 2 is 1.44 bits per heavy atom. The minimum atomic E-state index is -2.32. The second kappa shape index (κ2) is 21.1. The van der Waals surface area contributed by atoms with Crippen LogP contribution in [0.2, 0.25) is 18.1 Å². The lowest BCUT2D eigenvalue weighted by Crippen LogP contribution is -2.44. The number of carbonyl (C=O) groups is 3. The van der Waals surface area contributed by atoms with Gasteiger partial charge in [-0.2, -0.15) is 0 Å². The Bertz CT molecular complexity index is 1790. The van der Waals surface area contributed by atoms with Crippen LogP contribution < -0.4 is 30.0 Å². The van der Waals surface area contributed by atoms with Crippen molar-refractivity contribution in [3.8, 4) is 23.0 Å². The summed E-state index contributed by atoms with van der Waals surface area (Å²) in [5.74, 6) is 0.850. The van der Waals surface area contributed by atoms with Gasteiger partial charge in [-0.3, -0.25) is 4.79 Å². The number of rotatable bonds is 25. The van der Waals surface area contributed by atoms with Crippen molar-refractivity contribution >= 4 is 37.4 Å². The fourth-order valence-corrected chi connectivity index (χ4v) is 7.76. The molecule has 0 amide bonds. The monoisotopic (exact) mass is 808 g/mol. The van der Waals surface area contributed by atoms with Crippen LogP contribution in [0.4, 0.5) is 11.4 Å². The Hall–Kier alpha value is -4.75. The first-order chi connectivity index (χ1) is 26.7. The number of methoxy groups -OCH3 is 1. The lowest BCUT2D eigenvalue weighted by Gasteiger charge is -2.41. The summed E-state index contributed by atoms with van der Waals surface area (Å²) in [7, 11) is -0.792. The lowest BCUT2D eigenvalue weighted by atomic mass is 9.96. The molecule has 12 nitrogen and oxygen atoms in total. The van der Waals surface area contributed by atoms with Crippen molar-refractivity contribution in [2.24, 2.45) is 0 Å². The van der Waals surface area contributed by atoms with E-state index in [4.69, 9.17) is 33.8 Å². The van der Waals surface area contributed by atoms with Crippen LogP contribution in [-0.4, -0.2) is 70.3 Å². The van der Waals surface area contributed by atoms with Crippen molar-refractivity contribution in [2.75, 3.05) is 44.6 Å². The Morgan fingerprint density at radius 3 is 2.07 bits per heavy atom. The number of aliphatic carboxylic acids is 1. The van der Waals surface area contributed by atoms with Gasteiger partial charge in [0.1, 0.15) is 41.0 Å². The van der Waals surface area contributed by atoms with Crippen LogP contribution in [-0.2, 0) is 23.5 Å². The second-order valence-electron chi connectivity index (χ2n) is 16.4. The summed E-state index contributed by atoms with van der Waals surface area (Å²) >= 11 is 0. The van der Waals surface area contributed by atoms with Crippen molar-refractivity contribution < 1.29 is 47.6 Å². The average molecular weight is 809 g/mol. The van der Waals surface area contributed by atoms with Crippen LogP contribution >= 0.6 is 0 Å². The number of Topliss-reactive ketones (excluding diaryl/α,β-unsaturated/α-hetero) is 1. The molecule has 0 bridgehead atoms. The predicted octanol–water partition coefficient (Wildman–Crippen LogP) is 9.22. The second-order valence-corrected chi connectivity index (χ2v) is 21.0. The van der Waals surface area contributed by atoms with Gasteiger partial charge >= 0.3 is 11.9 Å². The lowest BCUT2D eigenvalue weighted by molar-refractivity contribution is -0.157. The van der Waals surface area contributed by atoms with E-state index in [1.165, 1.54) is 14.0 Å². The molecule has 4 N–H and O–H groups in total. The van der Waals surface area contributed by atoms with Crippen LogP contribution in [0.3, 0.4) is 0 Å². The number of nitrogen functional groups attached to an aromatic ring is 1. The number of ether oxygens (including phenoxy) is 5. The maximum atomic E-state index is 12.7. The van der Waals surface area contributed by atoms with Gasteiger partial charge in [0.05, 0.1) is 26.9 Å². The van der Waals surface area contributed by atoms with Crippen LogP contribution in [0, 0.1) is 13.8 Å². The predicted molar refractivity (Wildman–Crippen MR) is 226 cm³/mol. The molecule has 3 aromatic carbocycles. The minimum Gasteiger partial charge on any atom is -0.497 e. The molecule has 314 valence electrons. The molecule has 3 aromatic rings. The molecular formula is C44H64N2O10Si. The number of esters is 1. The fourth-order valence-electron chi connectivity index (χ4n) is 6.05. The topological polar surface area (TPSA) is 165 Å². The van der Waals surface area contributed by atoms with Gasteiger partial charge in [-0.05, 0) is 108 Å². The molecular weight excluding hydrogens is 745 g/mol. The molecule has 0 spiro atoms. The van der Waals surface area contributed by atoms with E-state index in [1.54, 1.807) is 30.3 Å². The number of benzene rings is 3. The largest absolute Gasteiger partial charge is 0.497 e. The minimum absolute atomic E-state index is 0.0879. The number of nitrogens with two attached hydrogens (primary N) is 1. The Labute approximate surface area is 339 Å². The molecule has 0 aliphatic carbocycles. The molecule has 57 heavy (non-hydrogen) atoms. The highest BCUT2D eigenvalue weighted by Gasteiger charge is 2.42. The molecule has 0 aromatic heterocycles. The first kappa shape index (κ1) is 46.6. The van der Waals surface area contributed by atoms with Crippen LogP contribution in [0.5, 0.6) is 23.0 Å². The summed E-state index contributed by atoms with van der Waals surface area (Å²) in [4.78, 5) is 36.7. The standard InChI is InChI=1S/C44H64N2O10Si/c1-30-15-16-38(41(42(49)50)46-34-27-35(51-8)29-37(28-34)53-19-11-13-32(3)47)39(25-30)54-21-22-55-57(9,10)44(6,7)18-17-43(4,5)56-40(48)14-12-20-52-36-24-31(2)23-33(45)26-36/h15-16,23-29,41,46H,11-14,17-22,45H2,1-10H3,(H,49,50). The van der Waals surface area contributed by atoms with Gasteiger partial charge in [0.15, 0.2) is 14.4 Å². The maximum absolute atomic E-state index is 12.7. The van der Waals surface area contributed by atoms with Gasteiger partial charge in [-0.15, -0.1) is 0 Å². The van der Waals surface area contributed by atoms with Crippen LogP contribution in [0.25, 0.3) is 0 Å². The summed E-state index contributed by atoms with van der Waals surface area (Å²) in [5, 5.41) is 13.3. The van der Waals surface area contributed by atoms with E-state index in [1.807, 2.05) is 52.0 Å². The molecule has 0 saturated heterocycles. The zero-order valence-corrected chi connectivity index (χ0v) is 36.5. The van der Waals surface area contributed by atoms with E-state index in [0.29, 0.717) is 85.4 Å². The summed E-state index contributed by atoms with van der Waals surface area (Å²) < 4.78 is 35.7. The van der Waals surface area contributed by atoms with Gasteiger partial charge in [0, 0.05) is 54.0 Å². The van der Waals surface area contributed by atoms with Gasteiger partial charge < -0.3 is 49.1 Å². The normalized spacial score (nSPS) is 12.4. The third-order valence-corrected chi connectivity index (χ3v) is 14.6. The van der Waals surface area contributed by atoms with Gasteiger partial charge in [-0.1, -0.05) is 26.0 Å². The Balaban J connectivity index is 1.55. The smallest absolute Gasteiger partial charge is 0.330 e. The van der Waals surface area contributed by atoms with Gasteiger partial charge in [0.25, 0.3) is 0 Å². The number of hydrogen-bond acceptors (Lipinski definition) is 11. The fraction of sp³-hybridized carbons (Fsp3) is 0.523. The Morgan fingerprint density at radius 1 is 0.789 bits per heavy atom. The van der Waals surface area contributed by atoms with Crippen molar-refractivity contribution in [3.63, 3.8) is 0 Å². The number of nitrogens with one attached hydrogen (secondary N) is 1. The van der Waals surface area contributed by atoms with Crippen LogP contribution in [0.15, 0.2) is 54.6 Å². The van der Waals surface area contributed by atoms with Crippen LogP contribution in [0.1, 0.15) is 95.9 Å². The molecule has 13 heteroatoms. The number of hydrogen-bond donors (Lipinski definition) is 3. The molecule has 1 atom stereocenters. The van der Waals surface area contributed by atoms with E-state index in [-0.39, 0.29) is 29.8 Å². The summed E-state index contributed by atoms with van der Waals surface area (Å²) in [6.45, 7) is 19.3. The average Bonchev–Trinajstić information content (AvgIpc) is 3.11. The molecule has 0 radical (unpaired) electrons. The van der Waals surface area contributed by atoms with E-state index in [9.17, 15) is 19.5 Å². The third-order valence-electron chi connectivity index (χ3n) is 10.1. The first-order valence-corrected chi connectivity index (χ1v) is 22.5. The first-order valence-electron chi connectivity index (χ1n) is 19.6. The highest BCUT2D eigenvalue weighted by molar-refractivity contribution is 6.74. The van der Waals surface area contributed by atoms with Crippen molar-refractivity contribution in [1.29, 1.82) is 0 Å². The zero-order chi connectivity index (χ0) is 42.4. The number of carboxylic acids is 1. The summed E-state index contributed by atoms with van der Waals surface area (Å²) in [6, 6.07) is 14.9. The van der Waals surface area contributed by atoms with Gasteiger partial charge in [-0.25, -0.2) is 4.79 Å². The number of ketones is 1. The molecule has 1 unspecified atom stereocenters. The van der Waals surface area contributed by atoms with E-state index < -0.39 is 25.9 Å². The molecule has 0 aliphatic heterocycles. The highest BCUT2D eigenvalue weighted by atomic mass is 28.4. The molecule has 0 fully saturated rings. The van der Waals surface area contributed by atoms with Crippen molar-refractivity contribution in [3.05, 3.63) is 71.3 Å². The Kier molecular flexibility index (Phi) is 17.3.